The average molecular weight is 250 g/mol. The second-order valence-electron chi connectivity index (χ2n) is 3.59. The van der Waals surface area contributed by atoms with Crippen molar-refractivity contribution in [1.29, 1.82) is 0 Å². The lowest BCUT2D eigenvalue weighted by molar-refractivity contribution is -0.135. The molecule has 1 N–H and O–H groups in total. The maximum absolute atomic E-state index is 5.32. The second-order valence-corrected chi connectivity index (χ2v) is 3.59. The fourth-order valence-corrected chi connectivity index (χ4v) is 0.995. The zero-order valence-corrected chi connectivity index (χ0v) is 11.2. The first-order chi connectivity index (χ1) is 8.27. The van der Waals surface area contributed by atoms with Crippen molar-refractivity contribution in [3.05, 3.63) is 0 Å². The summed E-state index contributed by atoms with van der Waals surface area (Å²) in [5.41, 5.74) is 0. The molecular formula is C11H26N2O4. The first-order valence-electron chi connectivity index (χ1n) is 5.95. The highest BCUT2D eigenvalue weighted by Crippen LogP contribution is 1.83. The van der Waals surface area contributed by atoms with Gasteiger partial charge in [-0.15, -0.1) is 0 Å². The number of hydroxylamine groups is 2. The summed E-state index contributed by atoms with van der Waals surface area (Å²) in [5, 5.41) is 4.66. The summed E-state index contributed by atoms with van der Waals surface area (Å²) < 4.78 is 15.9. The van der Waals surface area contributed by atoms with E-state index in [1.807, 2.05) is 21.1 Å². The minimum atomic E-state index is 0.570. The molecule has 6 heteroatoms. The van der Waals surface area contributed by atoms with Gasteiger partial charge in [-0.25, -0.2) is 0 Å². The van der Waals surface area contributed by atoms with Gasteiger partial charge in [0.2, 0.25) is 0 Å². The molecule has 0 aliphatic carbocycles. The summed E-state index contributed by atoms with van der Waals surface area (Å²) in [6.07, 6.45) is 0. The van der Waals surface area contributed by atoms with E-state index in [-0.39, 0.29) is 0 Å². The minimum Gasteiger partial charge on any atom is -0.378 e. The van der Waals surface area contributed by atoms with Crippen molar-refractivity contribution < 1.29 is 19.0 Å². The molecule has 0 aliphatic rings. The Morgan fingerprint density at radius 2 is 1.24 bits per heavy atom. The van der Waals surface area contributed by atoms with E-state index in [9.17, 15) is 0 Å². The zero-order valence-electron chi connectivity index (χ0n) is 11.2. The number of nitrogens with one attached hydrogen (secondary N) is 1. The van der Waals surface area contributed by atoms with Gasteiger partial charge in [-0.3, -0.25) is 4.84 Å². The Balaban J connectivity index is 2.89. The summed E-state index contributed by atoms with van der Waals surface area (Å²) in [5.74, 6) is 0. The maximum atomic E-state index is 5.32. The fraction of sp³-hybridized carbons (Fsp3) is 1.00. The van der Waals surface area contributed by atoms with Crippen LogP contribution in [0.25, 0.3) is 0 Å². The molecule has 0 aromatic rings. The van der Waals surface area contributed by atoms with E-state index in [4.69, 9.17) is 19.0 Å². The van der Waals surface area contributed by atoms with Crippen LogP contribution in [0.5, 0.6) is 0 Å². The molecular weight excluding hydrogens is 224 g/mol. The first kappa shape index (κ1) is 16.8. The van der Waals surface area contributed by atoms with Crippen molar-refractivity contribution in [3.63, 3.8) is 0 Å². The Morgan fingerprint density at radius 3 is 1.71 bits per heavy atom. The number of nitrogens with zero attached hydrogens (tertiary/aromatic N) is 1. The van der Waals surface area contributed by atoms with Gasteiger partial charge in [0.25, 0.3) is 0 Å². The van der Waals surface area contributed by atoms with Crippen LogP contribution >= 0.6 is 0 Å². The Morgan fingerprint density at radius 1 is 0.765 bits per heavy atom. The van der Waals surface area contributed by atoms with Crippen LogP contribution in [0, 0.1) is 0 Å². The lowest BCUT2D eigenvalue weighted by Gasteiger charge is -2.10. The number of hydrogen-bond acceptors (Lipinski definition) is 6. The Hall–Kier alpha value is -0.240. The van der Waals surface area contributed by atoms with E-state index in [1.165, 1.54) is 0 Å². The zero-order chi connectivity index (χ0) is 12.8. The van der Waals surface area contributed by atoms with Crippen molar-refractivity contribution in [2.24, 2.45) is 0 Å². The lowest BCUT2D eigenvalue weighted by Crippen LogP contribution is -2.18. The smallest absolute Gasteiger partial charge is 0.0918 e. The van der Waals surface area contributed by atoms with Gasteiger partial charge in [0.05, 0.1) is 46.2 Å². The number of ether oxygens (including phenoxy) is 3. The van der Waals surface area contributed by atoms with Crippen LogP contribution in [0.1, 0.15) is 0 Å². The van der Waals surface area contributed by atoms with Crippen LogP contribution in [-0.4, -0.2) is 79.0 Å². The molecule has 0 rings (SSSR count). The molecule has 0 amide bonds. The standard InChI is InChI=1S/C11H26N2O4/c1-12-4-5-14-6-7-15-8-9-16-10-11-17-13(2)3/h12H,4-11H2,1-3H3. The Kier molecular flexibility index (Phi) is 13.6. The van der Waals surface area contributed by atoms with Crippen molar-refractivity contribution in [2.45, 2.75) is 0 Å². The quantitative estimate of drug-likeness (QED) is 0.359. The van der Waals surface area contributed by atoms with E-state index >= 15 is 0 Å². The molecule has 0 aromatic heterocycles. The summed E-state index contributed by atoms with van der Waals surface area (Å²) in [7, 11) is 5.59. The highest BCUT2D eigenvalue weighted by Gasteiger charge is 1.93. The number of hydrogen-bond donors (Lipinski definition) is 1. The molecule has 0 aromatic carbocycles. The van der Waals surface area contributed by atoms with Gasteiger partial charge in [0.15, 0.2) is 0 Å². The summed E-state index contributed by atoms with van der Waals surface area (Å²) in [4.78, 5) is 5.17. The van der Waals surface area contributed by atoms with Gasteiger partial charge in [-0.1, -0.05) is 0 Å². The molecule has 0 bridgehead atoms. The number of rotatable bonds is 13. The molecule has 104 valence electrons. The molecule has 0 atom stereocenters. The monoisotopic (exact) mass is 250 g/mol. The van der Waals surface area contributed by atoms with Crippen molar-refractivity contribution >= 4 is 0 Å². The molecule has 0 saturated heterocycles. The van der Waals surface area contributed by atoms with E-state index in [1.54, 1.807) is 5.06 Å². The van der Waals surface area contributed by atoms with Crippen LogP contribution < -0.4 is 5.32 Å². The van der Waals surface area contributed by atoms with E-state index in [0.717, 1.165) is 13.2 Å². The van der Waals surface area contributed by atoms with Gasteiger partial charge in [-0.2, -0.15) is 5.06 Å². The van der Waals surface area contributed by atoms with Crippen LogP contribution in [-0.2, 0) is 19.0 Å². The van der Waals surface area contributed by atoms with Gasteiger partial charge < -0.3 is 19.5 Å². The predicted octanol–water partition coefficient (Wildman–Crippen LogP) is -0.251. The summed E-state index contributed by atoms with van der Waals surface area (Å²) in [6.45, 7) is 5.17. The van der Waals surface area contributed by atoms with Gasteiger partial charge in [0, 0.05) is 20.6 Å². The molecule has 0 spiro atoms. The van der Waals surface area contributed by atoms with E-state index in [0.29, 0.717) is 39.6 Å². The molecule has 0 unspecified atom stereocenters. The molecule has 17 heavy (non-hydrogen) atoms. The fourth-order valence-electron chi connectivity index (χ4n) is 0.995. The highest BCUT2D eigenvalue weighted by molar-refractivity contribution is 4.37. The maximum Gasteiger partial charge on any atom is 0.0918 e. The van der Waals surface area contributed by atoms with Crippen molar-refractivity contribution in [2.75, 3.05) is 73.9 Å². The largest absolute Gasteiger partial charge is 0.378 e. The molecule has 0 saturated carbocycles. The minimum absolute atomic E-state index is 0.570. The van der Waals surface area contributed by atoms with Crippen molar-refractivity contribution in [3.8, 4) is 0 Å². The highest BCUT2D eigenvalue weighted by atomic mass is 16.7. The third-order valence-electron chi connectivity index (χ3n) is 1.82. The predicted molar refractivity (Wildman–Crippen MR) is 66.0 cm³/mol. The van der Waals surface area contributed by atoms with Crippen LogP contribution in [0.2, 0.25) is 0 Å². The molecule has 0 fully saturated rings. The van der Waals surface area contributed by atoms with Gasteiger partial charge >= 0.3 is 0 Å². The van der Waals surface area contributed by atoms with Crippen LogP contribution in [0.3, 0.4) is 0 Å². The molecule has 0 aliphatic heterocycles. The van der Waals surface area contributed by atoms with E-state index < -0.39 is 0 Å². The third kappa shape index (κ3) is 15.8. The SMILES string of the molecule is CNCCOCCOCCOCCON(C)C. The lowest BCUT2D eigenvalue weighted by atomic mass is 10.6. The Bertz CT molecular complexity index is 147. The third-order valence-corrected chi connectivity index (χ3v) is 1.82. The Labute approximate surface area is 104 Å². The van der Waals surface area contributed by atoms with Gasteiger partial charge in [-0.05, 0) is 7.05 Å². The summed E-state index contributed by atoms with van der Waals surface area (Å²) >= 11 is 0. The van der Waals surface area contributed by atoms with Gasteiger partial charge in [0.1, 0.15) is 0 Å². The average Bonchev–Trinajstić information content (AvgIpc) is 2.30. The molecule has 6 nitrogen and oxygen atoms in total. The van der Waals surface area contributed by atoms with Crippen molar-refractivity contribution in [1.82, 2.24) is 10.4 Å². The normalized spacial score (nSPS) is 11.3. The topological polar surface area (TPSA) is 52.2 Å². The van der Waals surface area contributed by atoms with Crippen LogP contribution in [0.15, 0.2) is 0 Å². The molecule has 0 radical (unpaired) electrons. The van der Waals surface area contributed by atoms with E-state index in [2.05, 4.69) is 5.32 Å². The summed E-state index contributed by atoms with van der Waals surface area (Å²) in [6, 6.07) is 0. The van der Waals surface area contributed by atoms with Crippen LogP contribution in [0.4, 0.5) is 0 Å². The number of likely N-dealkylation sites (N-methyl/N-ethyl adjacent to an activating group) is 1. The first-order valence-corrected chi connectivity index (χ1v) is 5.95. The second kappa shape index (κ2) is 13.8. The molecule has 0 heterocycles.